The lowest BCUT2D eigenvalue weighted by molar-refractivity contribution is 0.0696. The minimum Gasteiger partial charge on any atom is -0.478 e. The summed E-state index contributed by atoms with van der Waals surface area (Å²) in [4.78, 5) is 24.8. The Morgan fingerprint density at radius 1 is 1.22 bits per heavy atom. The smallest absolute Gasteiger partial charge is 0.335 e. The first-order chi connectivity index (χ1) is 8.54. The van der Waals surface area contributed by atoms with Crippen molar-refractivity contribution in [1.82, 2.24) is 4.98 Å². The van der Waals surface area contributed by atoms with Crippen LogP contribution in [0.5, 0.6) is 0 Å². The normalized spacial score (nSPS) is 10.3. The number of carboxylic acids is 1. The van der Waals surface area contributed by atoms with Gasteiger partial charge < -0.3 is 10.1 Å². The van der Waals surface area contributed by atoms with E-state index < -0.39 is 11.5 Å². The standard InChI is InChI=1S/C13H10ClNO3/c14-10-3-1-8(2-4-10)5-11-6-9(13(17)18)7-12(16)15-11/h1-4,6-7H,5H2,(H,15,16)(H,17,18). The molecule has 0 aliphatic rings. The van der Waals surface area contributed by atoms with E-state index in [1.54, 1.807) is 12.1 Å². The number of carbonyl (C=O) groups is 1. The second-order valence-corrected chi connectivity index (χ2v) is 4.30. The highest BCUT2D eigenvalue weighted by Crippen LogP contribution is 2.12. The molecule has 0 amide bonds. The number of nitrogens with one attached hydrogen (secondary N) is 1. The summed E-state index contributed by atoms with van der Waals surface area (Å²) in [5, 5.41) is 9.50. The first-order valence-corrected chi connectivity index (χ1v) is 5.63. The molecule has 0 fully saturated rings. The Morgan fingerprint density at radius 3 is 2.50 bits per heavy atom. The molecular weight excluding hydrogens is 254 g/mol. The Morgan fingerprint density at radius 2 is 1.89 bits per heavy atom. The molecule has 2 N–H and O–H groups in total. The SMILES string of the molecule is O=C(O)c1cc(Cc2ccc(Cl)cc2)[nH]c(=O)c1. The second-order valence-electron chi connectivity index (χ2n) is 3.87. The van der Waals surface area contributed by atoms with E-state index in [1.807, 2.05) is 12.1 Å². The Balaban J connectivity index is 2.31. The Hall–Kier alpha value is -2.07. The van der Waals surface area contributed by atoms with Crippen LogP contribution < -0.4 is 5.56 Å². The average Bonchev–Trinajstić information content (AvgIpc) is 2.31. The number of aromatic nitrogens is 1. The maximum Gasteiger partial charge on any atom is 0.335 e. The van der Waals surface area contributed by atoms with Crippen LogP contribution in [0.2, 0.25) is 5.02 Å². The van der Waals surface area contributed by atoms with E-state index in [1.165, 1.54) is 6.07 Å². The van der Waals surface area contributed by atoms with Crippen LogP contribution in [0.3, 0.4) is 0 Å². The quantitative estimate of drug-likeness (QED) is 0.893. The van der Waals surface area contributed by atoms with Crippen molar-refractivity contribution in [1.29, 1.82) is 0 Å². The molecule has 4 nitrogen and oxygen atoms in total. The molecule has 0 aliphatic carbocycles. The number of rotatable bonds is 3. The van der Waals surface area contributed by atoms with Crippen LogP contribution in [0.4, 0.5) is 0 Å². The van der Waals surface area contributed by atoms with E-state index in [4.69, 9.17) is 16.7 Å². The van der Waals surface area contributed by atoms with Crippen LogP contribution in [0.1, 0.15) is 21.6 Å². The zero-order chi connectivity index (χ0) is 13.1. The molecule has 5 heteroatoms. The third-order valence-electron chi connectivity index (χ3n) is 2.45. The lowest BCUT2D eigenvalue weighted by Gasteiger charge is -2.03. The third-order valence-corrected chi connectivity index (χ3v) is 2.71. The van der Waals surface area contributed by atoms with E-state index >= 15 is 0 Å². The van der Waals surface area contributed by atoms with Crippen LogP contribution in [-0.4, -0.2) is 16.1 Å². The van der Waals surface area contributed by atoms with Gasteiger partial charge in [0.25, 0.3) is 0 Å². The van der Waals surface area contributed by atoms with Gasteiger partial charge in [0.15, 0.2) is 0 Å². The molecule has 1 aromatic carbocycles. The van der Waals surface area contributed by atoms with Crippen molar-refractivity contribution in [3.63, 3.8) is 0 Å². The lowest BCUT2D eigenvalue weighted by atomic mass is 10.1. The maximum atomic E-state index is 11.3. The number of H-pyrrole nitrogens is 1. The van der Waals surface area contributed by atoms with Gasteiger partial charge in [0.1, 0.15) is 0 Å². The number of benzene rings is 1. The molecule has 0 aliphatic heterocycles. The van der Waals surface area contributed by atoms with Crippen molar-refractivity contribution in [3.8, 4) is 0 Å². The van der Waals surface area contributed by atoms with Crippen molar-refractivity contribution in [2.45, 2.75) is 6.42 Å². The predicted octanol–water partition coefficient (Wildman–Crippen LogP) is 2.32. The largest absolute Gasteiger partial charge is 0.478 e. The highest BCUT2D eigenvalue weighted by molar-refractivity contribution is 6.30. The molecule has 0 spiro atoms. The topological polar surface area (TPSA) is 70.2 Å². The van der Waals surface area contributed by atoms with E-state index in [0.717, 1.165) is 11.6 Å². The van der Waals surface area contributed by atoms with Crippen molar-refractivity contribution in [2.75, 3.05) is 0 Å². The van der Waals surface area contributed by atoms with Crippen molar-refractivity contribution < 1.29 is 9.90 Å². The summed E-state index contributed by atoms with van der Waals surface area (Å²) in [5.41, 5.74) is 1.07. The van der Waals surface area contributed by atoms with Crippen LogP contribution >= 0.6 is 11.6 Å². The first-order valence-electron chi connectivity index (χ1n) is 5.25. The van der Waals surface area contributed by atoms with E-state index in [-0.39, 0.29) is 5.56 Å². The number of aromatic amines is 1. The molecule has 0 bridgehead atoms. The van der Waals surface area contributed by atoms with Crippen LogP contribution in [-0.2, 0) is 6.42 Å². The fourth-order valence-corrected chi connectivity index (χ4v) is 1.77. The van der Waals surface area contributed by atoms with E-state index in [9.17, 15) is 9.59 Å². The zero-order valence-corrected chi connectivity index (χ0v) is 10.1. The lowest BCUT2D eigenvalue weighted by Crippen LogP contribution is -2.12. The summed E-state index contributed by atoms with van der Waals surface area (Å²) >= 11 is 5.77. The molecular formula is C13H10ClNO3. The number of hydrogen-bond acceptors (Lipinski definition) is 2. The number of carboxylic acid groups (broad SMARTS) is 1. The summed E-state index contributed by atoms with van der Waals surface area (Å²) < 4.78 is 0. The minimum absolute atomic E-state index is 0.0114. The van der Waals surface area contributed by atoms with E-state index in [0.29, 0.717) is 17.1 Å². The molecule has 0 saturated heterocycles. The fraction of sp³-hybridized carbons (Fsp3) is 0.0769. The summed E-state index contributed by atoms with van der Waals surface area (Å²) in [7, 11) is 0. The Kier molecular flexibility index (Phi) is 3.48. The van der Waals surface area contributed by atoms with Gasteiger partial charge in [0.2, 0.25) is 5.56 Å². The first kappa shape index (κ1) is 12.4. The fourth-order valence-electron chi connectivity index (χ4n) is 1.64. The van der Waals surface area contributed by atoms with Gasteiger partial charge in [-0.3, -0.25) is 4.79 Å². The van der Waals surface area contributed by atoms with Gasteiger partial charge in [-0.2, -0.15) is 0 Å². The molecule has 92 valence electrons. The number of aromatic carboxylic acids is 1. The van der Waals surface area contributed by atoms with Crippen molar-refractivity contribution >= 4 is 17.6 Å². The Bertz CT molecular complexity index is 631. The zero-order valence-electron chi connectivity index (χ0n) is 9.31. The molecule has 1 heterocycles. The highest BCUT2D eigenvalue weighted by Gasteiger charge is 2.06. The van der Waals surface area contributed by atoms with Gasteiger partial charge in [-0.25, -0.2) is 4.79 Å². The molecule has 0 saturated carbocycles. The third kappa shape index (κ3) is 2.99. The van der Waals surface area contributed by atoms with Crippen LogP contribution in [0.15, 0.2) is 41.2 Å². The molecule has 0 unspecified atom stereocenters. The van der Waals surface area contributed by atoms with Gasteiger partial charge in [-0.1, -0.05) is 23.7 Å². The van der Waals surface area contributed by atoms with Crippen molar-refractivity contribution in [3.05, 3.63) is 68.6 Å². The molecule has 0 radical (unpaired) electrons. The van der Waals surface area contributed by atoms with Gasteiger partial charge in [-0.05, 0) is 23.8 Å². The van der Waals surface area contributed by atoms with Crippen LogP contribution in [0, 0.1) is 0 Å². The minimum atomic E-state index is -1.11. The molecule has 0 atom stereocenters. The van der Waals surface area contributed by atoms with Crippen LogP contribution in [0.25, 0.3) is 0 Å². The summed E-state index contributed by atoms with van der Waals surface area (Å²) in [6, 6.07) is 9.67. The summed E-state index contributed by atoms with van der Waals surface area (Å²) in [6.45, 7) is 0. The van der Waals surface area contributed by atoms with E-state index in [2.05, 4.69) is 4.98 Å². The Labute approximate surface area is 108 Å². The molecule has 2 aromatic rings. The predicted molar refractivity (Wildman–Crippen MR) is 68.3 cm³/mol. The molecule has 2 rings (SSSR count). The average molecular weight is 264 g/mol. The monoisotopic (exact) mass is 263 g/mol. The summed E-state index contributed by atoms with van der Waals surface area (Å²) in [5.74, 6) is -1.11. The van der Waals surface area contributed by atoms with Gasteiger partial charge in [-0.15, -0.1) is 0 Å². The summed E-state index contributed by atoms with van der Waals surface area (Å²) in [6.07, 6.45) is 0.452. The number of hydrogen-bond donors (Lipinski definition) is 2. The van der Waals surface area contributed by atoms with Gasteiger partial charge in [0, 0.05) is 23.2 Å². The van der Waals surface area contributed by atoms with Gasteiger partial charge in [0.05, 0.1) is 5.56 Å². The highest BCUT2D eigenvalue weighted by atomic mass is 35.5. The number of pyridine rings is 1. The second kappa shape index (κ2) is 5.06. The van der Waals surface area contributed by atoms with Gasteiger partial charge >= 0.3 is 5.97 Å². The van der Waals surface area contributed by atoms with Crippen molar-refractivity contribution in [2.24, 2.45) is 0 Å². The molecule has 18 heavy (non-hydrogen) atoms. The maximum absolute atomic E-state index is 11.3. The molecule has 1 aromatic heterocycles. The number of halogens is 1.